The van der Waals surface area contributed by atoms with Crippen LogP contribution in [0.15, 0.2) is 40.8 Å². The van der Waals surface area contributed by atoms with Crippen molar-refractivity contribution in [1.82, 2.24) is 4.98 Å². The van der Waals surface area contributed by atoms with Crippen LogP contribution in [0.3, 0.4) is 0 Å². The highest BCUT2D eigenvalue weighted by molar-refractivity contribution is 6.01. The van der Waals surface area contributed by atoms with Gasteiger partial charge in [-0.25, -0.2) is 14.6 Å². The predicted octanol–water partition coefficient (Wildman–Crippen LogP) is 3.58. The summed E-state index contributed by atoms with van der Waals surface area (Å²) in [5.74, 6) is -1.13. The summed E-state index contributed by atoms with van der Waals surface area (Å²) in [7, 11) is 1.35. The highest BCUT2D eigenvalue weighted by Crippen LogP contribution is 2.27. The normalized spacial score (nSPS) is 10.9. The summed E-state index contributed by atoms with van der Waals surface area (Å²) in [6.45, 7) is 6.03. The molecule has 8 heteroatoms. The molecule has 148 valence electrons. The quantitative estimate of drug-likeness (QED) is 0.345. The van der Waals surface area contributed by atoms with Crippen molar-refractivity contribution in [2.24, 2.45) is 0 Å². The fourth-order valence-electron chi connectivity index (χ4n) is 2.28. The van der Waals surface area contributed by atoms with Crippen LogP contribution in [0.5, 0.6) is 5.75 Å². The molecule has 28 heavy (non-hydrogen) atoms. The van der Waals surface area contributed by atoms with Crippen molar-refractivity contribution >= 4 is 28.7 Å². The lowest BCUT2D eigenvalue weighted by atomic mass is 9.97. The van der Waals surface area contributed by atoms with Crippen molar-refractivity contribution < 1.29 is 29.0 Å². The number of nitrogens with zero attached hydrogens (tertiary/aromatic N) is 1. The molecular weight excluding hydrogens is 364 g/mol. The van der Waals surface area contributed by atoms with E-state index in [0.29, 0.717) is 22.6 Å². The van der Waals surface area contributed by atoms with Gasteiger partial charge < -0.3 is 25.1 Å². The first-order valence-electron chi connectivity index (χ1n) is 8.35. The second-order valence-electron chi connectivity index (χ2n) is 6.96. The highest BCUT2D eigenvalue weighted by atomic mass is 16.5. The number of methoxy groups -OCH3 is 1. The van der Waals surface area contributed by atoms with Crippen molar-refractivity contribution in [3.63, 3.8) is 0 Å². The summed E-state index contributed by atoms with van der Waals surface area (Å²) in [5.41, 5.74) is 6.49. The Morgan fingerprint density at radius 1 is 1.11 bits per heavy atom. The first kappa shape index (κ1) is 20.8. The molecule has 0 amide bonds. The monoisotopic (exact) mass is 386 g/mol. The lowest BCUT2D eigenvalue weighted by Gasteiger charge is -2.11. The Balaban J connectivity index is 0.000000221. The number of ether oxygens (including phenoxy) is 1. The molecule has 0 aliphatic heterocycles. The van der Waals surface area contributed by atoms with Gasteiger partial charge in [-0.05, 0) is 24.3 Å². The third-order valence-corrected chi connectivity index (χ3v) is 3.78. The van der Waals surface area contributed by atoms with Crippen LogP contribution in [0, 0.1) is 0 Å². The lowest BCUT2D eigenvalue weighted by molar-refractivity contribution is 0.0601. The van der Waals surface area contributed by atoms with E-state index in [-0.39, 0.29) is 22.4 Å². The highest BCUT2D eigenvalue weighted by Gasteiger charge is 2.23. The molecule has 8 nitrogen and oxygen atoms in total. The molecule has 3 rings (SSSR count). The number of esters is 1. The Hall–Kier alpha value is -3.55. The van der Waals surface area contributed by atoms with Crippen molar-refractivity contribution in [2.45, 2.75) is 26.2 Å². The molecule has 0 fully saturated rings. The second kappa shape index (κ2) is 7.99. The number of nitrogen functional groups attached to an aromatic ring is 1. The molecule has 0 aliphatic rings. The third kappa shape index (κ3) is 4.40. The van der Waals surface area contributed by atoms with Gasteiger partial charge in [-0.2, -0.15) is 0 Å². The number of hydrogen-bond donors (Lipinski definition) is 3. The molecule has 4 N–H and O–H groups in total. The number of aromatic nitrogens is 1. The zero-order valence-electron chi connectivity index (χ0n) is 16.0. The Bertz CT molecular complexity index is 1020. The summed E-state index contributed by atoms with van der Waals surface area (Å²) >= 11 is 0. The van der Waals surface area contributed by atoms with Crippen molar-refractivity contribution in [3.05, 3.63) is 53.4 Å². The summed E-state index contributed by atoms with van der Waals surface area (Å²) in [6, 6.07) is 9.33. The SMILES string of the molecule is COC(=O)c1cccc2oc(C(C)(C)C)nc12.Nc1c(O)cccc1C(=O)O. The van der Waals surface area contributed by atoms with Gasteiger partial charge in [0.1, 0.15) is 11.3 Å². The van der Waals surface area contributed by atoms with E-state index in [2.05, 4.69) is 4.98 Å². The van der Waals surface area contributed by atoms with Crippen LogP contribution in [-0.2, 0) is 10.2 Å². The molecule has 0 saturated carbocycles. The Morgan fingerprint density at radius 3 is 2.25 bits per heavy atom. The maximum absolute atomic E-state index is 11.6. The average molecular weight is 386 g/mol. The summed E-state index contributed by atoms with van der Waals surface area (Å²) in [6.07, 6.45) is 0. The lowest BCUT2D eigenvalue weighted by Crippen LogP contribution is -2.11. The number of carbonyl (C=O) groups excluding carboxylic acids is 1. The fraction of sp³-hybridized carbons (Fsp3) is 0.250. The van der Waals surface area contributed by atoms with Gasteiger partial charge in [-0.15, -0.1) is 0 Å². The molecule has 0 radical (unpaired) electrons. The number of phenolic OH excluding ortho intramolecular Hbond substituents is 1. The smallest absolute Gasteiger partial charge is 0.340 e. The molecular formula is C20H22N2O6. The van der Waals surface area contributed by atoms with Gasteiger partial charge in [0.15, 0.2) is 5.58 Å². The van der Waals surface area contributed by atoms with Crippen LogP contribution in [0.25, 0.3) is 11.1 Å². The maximum atomic E-state index is 11.6. The maximum Gasteiger partial charge on any atom is 0.340 e. The number of hydrogen-bond acceptors (Lipinski definition) is 7. The van der Waals surface area contributed by atoms with E-state index in [1.54, 1.807) is 18.2 Å². The fourth-order valence-corrected chi connectivity index (χ4v) is 2.28. The number of nitrogens with two attached hydrogens (primary N) is 1. The van der Waals surface area contributed by atoms with Crippen LogP contribution in [0.1, 0.15) is 47.4 Å². The largest absolute Gasteiger partial charge is 0.506 e. The topological polar surface area (TPSA) is 136 Å². The number of carbonyl (C=O) groups is 2. The Kier molecular flexibility index (Phi) is 5.93. The van der Waals surface area contributed by atoms with E-state index < -0.39 is 11.9 Å². The van der Waals surface area contributed by atoms with Crippen molar-refractivity contribution in [1.29, 1.82) is 0 Å². The minimum atomic E-state index is -1.14. The van der Waals surface area contributed by atoms with Crippen molar-refractivity contribution in [3.8, 4) is 5.75 Å². The average Bonchev–Trinajstić information content (AvgIpc) is 3.08. The van der Waals surface area contributed by atoms with Crippen LogP contribution in [0.4, 0.5) is 5.69 Å². The van der Waals surface area contributed by atoms with Gasteiger partial charge in [-0.3, -0.25) is 0 Å². The van der Waals surface area contributed by atoms with Gasteiger partial charge >= 0.3 is 11.9 Å². The molecule has 2 aromatic carbocycles. The van der Waals surface area contributed by atoms with E-state index >= 15 is 0 Å². The molecule has 1 aromatic heterocycles. The predicted molar refractivity (Wildman–Crippen MR) is 104 cm³/mol. The second-order valence-corrected chi connectivity index (χ2v) is 6.96. The summed E-state index contributed by atoms with van der Waals surface area (Å²) in [5, 5.41) is 17.5. The molecule has 0 saturated heterocycles. The first-order valence-corrected chi connectivity index (χ1v) is 8.35. The van der Waals surface area contributed by atoms with Crippen LogP contribution in [0.2, 0.25) is 0 Å². The third-order valence-electron chi connectivity index (χ3n) is 3.78. The molecule has 3 aromatic rings. The number of carboxylic acid groups (broad SMARTS) is 1. The number of anilines is 1. The number of para-hydroxylation sites is 2. The minimum Gasteiger partial charge on any atom is -0.506 e. The molecule has 0 atom stereocenters. The standard InChI is InChI=1S/C13H15NO3.C7H7NO3/c1-13(2,3)12-14-10-8(11(15)16-4)6-5-7-9(10)17-12;8-6-4(7(10)11)2-1-3-5(6)9/h5-7H,1-4H3;1-3,9H,8H2,(H,10,11). The van der Waals surface area contributed by atoms with E-state index in [9.17, 15) is 9.59 Å². The molecule has 0 unspecified atom stereocenters. The Morgan fingerprint density at radius 2 is 1.71 bits per heavy atom. The van der Waals surface area contributed by atoms with Gasteiger partial charge in [0.2, 0.25) is 5.89 Å². The van der Waals surface area contributed by atoms with E-state index in [4.69, 9.17) is 25.1 Å². The van der Waals surface area contributed by atoms with Crippen LogP contribution in [-0.4, -0.2) is 34.2 Å². The Labute approximate surface area is 161 Å². The number of carboxylic acids is 1. The van der Waals surface area contributed by atoms with Gasteiger partial charge in [0.05, 0.1) is 23.9 Å². The van der Waals surface area contributed by atoms with Gasteiger partial charge in [0, 0.05) is 5.41 Å². The first-order chi connectivity index (χ1) is 13.1. The van der Waals surface area contributed by atoms with Gasteiger partial charge in [-0.1, -0.05) is 32.9 Å². The van der Waals surface area contributed by atoms with Crippen LogP contribution < -0.4 is 5.73 Å². The summed E-state index contributed by atoms with van der Waals surface area (Å²) in [4.78, 5) is 26.4. The molecule has 0 bridgehead atoms. The number of rotatable bonds is 2. The van der Waals surface area contributed by atoms with Gasteiger partial charge in [0.25, 0.3) is 0 Å². The number of aromatic hydroxyl groups is 1. The number of oxazole rings is 1. The minimum absolute atomic E-state index is 0.0787. The number of benzene rings is 2. The number of phenols is 1. The summed E-state index contributed by atoms with van der Waals surface area (Å²) < 4.78 is 10.4. The molecule has 1 heterocycles. The van der Waals surface area contributed by atoms with E-state index in [1.807, 2.05) is 20.8 Å². The molecule has 0 spiro atoms. The molecule has 0 aliphatic carbocycles. The zero-order valence-corrected chi connectivity index (χ0v) is 16.0. The van der Waals surface area contributed by atoms with E-state index in [0.717, 1.165) is 0 Å². The zero-order chi connectivity index (χ0) is 21.1. The van der Waals surface area contributed by atoms with Crippen molar-refractivity contribution in [2.75, 3.05) is 12.8 Å². The number of fused-ring (bicyclic) bond motifs is 1. The van der Waals surface area contributed by atoms with Crippen LogP contribution >= 0.6 is 0 Å². The number of aromatic carboxylic acids is 1. The van der Waals surface area contributed by atoms with E-state index in [1.165, 1.54) is 25.3 Å².